The monoisotopic (exact) mass is 402 g/mol. The lowest BCUT2D eigenvalue weighted by Crippen LogP contribution is -2.52. The molecule has 0 bridgehead atoms. The zero-order valence-corrected chi connectivity index (χ0v) is 16.5. The lowest BCUT2D eigenvalue weighted by atomic mass is 9.95. The molecule has 0 spiro atoms. The van der Waals surface area contributed by atoms with Crippen LogP contribution in [0, 0.1) is 11.8 Å². The van der Waals surface area contributed by atoms with Crippen LogP contribution in [0.25, 0.3) is 11.1 Å². The molecule has 0 aliphatic carbocycles. The molecule has 2 aromatic carbocycles. The van der Waals surface area contributed by atoms with Crippen LogP contribution in [0.15, 0.2) is 24.3 Å². The van der Waals surface area contributed by atoms with Gasteiger partial charge in [-0.3, -0.25) is 4.90 Å². The van der Waals surface area contributed by atoms with Crippen LogP contribution in [-0.4, -0.2) is 42.3 Å². The van der Waals surface area contributed by atoms with E-state index in [0.717, 1.165) is 37.3 Å². The van der Waals surface area contributed by atoms with Gasteiger partial charge >= 0.3 is 0 Å². The van der Waals surface area contributed by atoms with Gasteiger partial charge in [-0.2, -0.15) is 0 Å². The molecule has 0 saturated carbocycles. The highest BCUT2D eigenvalue weighted by Crippen LogP contribution is 2.47. The van der Waals surface area contributed by atoms with Crippen molar-refractivity contribution in [2.75, 3.05) is 26.2 Å². The molecule has 0 unspecified atom stereocenters. The first-order chi connectivity index (χ1) is 13.1. The summed E-state index contributed by atoms with van der Waals surface area (Å²) in [5.41, 5.74) is 2.85. The number of aromatic hydroxyl groups is 1. The average Bonchev–Trinajstić information content (AvgIpc) is 2.83. The van der Waals surface area contributed by atoms with E-state index in [1.807, 2.05) is 6.07 Å². The van der Waals surface area contributed by atoms with E-state index in [2.05, 4.69) is 22.1 Å². The normalized spacial score (nSPS) is 19.1. The second kappa shape index (κ2) is 7.61. The molecule has 1 fully saturated rings. The van der Waals surface area contributed by atoms with Crippen molar-refractivity contribution >= 4 is 23.2 Å². The van der Waals surface area contributed by atoms with Crippen molar-refractivity contribution in [1.29, 1.82) is 0 Å². The Hall–Kier alpha value is -1.90. The topological polar surface area (TPSA) is 44.7 Å². The summed E-state index contributed by atoms with van der Waals surface area (Å²) < 4.78 is 6.14. The second-order valence-electron chi connectivity index (χ2n) is 6.75. The number of piperazine rings is 1. The van der Waals surface area contributed by atoms with Crippen molar-refractivity contribution in [3.8, 4) is 34.5 Å². The van der Waals surface area contributed by atoms with Crippen LogP contribution in [0.1, 0.15) is 18.1 Å². The summed E-state index contributed by atoms with van der Waals surface area (Å²) in [5, 5.41) is 14.7. The van der Waals surface area contributed by atoms with Gasteiger partial charge in [-0.15, -0.1) is 5.92 Å². The van der Waals surface area contributed by atoms with E-state index in [4.69, 9.17) is 27.9 Å². The minimum absolute atomic E-state index is 0.0683. The number of rotatable bonds is 1. The maximum absolute atomic E-state index is 10.4. The number of hydrogen-bond acceptors (Lipinski definition) is 4. The van der Waals surface area contributed by atoms with Crippen LogP contribution in [0.2, 0.25) is 10.0 Å². The van der Waals surface area contributed by atoms with E-state index in [0.29, 0.717) is 39.6 Å². The number of benzene rings is 2. The van der Waals surface area contributed by atoms with Crippen LogP contribution < -0.4 is 10.1 Å². The summed E-state index contributed by atoms with van der Waals surface area (Å²) in [5.74, 6) is 6.79. The van der Waals surface area contributed by atoms with Gasteiger partial charge in [-0.1, -0.05) is 35.2 Å². The van der Waals surface area contributed by atoms with Gasteiger partial charge in [0.05, 0.1) is 16.1 Å². The summed E-state index contributed by atoms with van der Waals surface area (Å²) in [6.45, 7) is 5.92. The fourth-order valence-electron chi connectivity index (χ4n) is 3.77. The van der Waals surface area contributed by atoms with Gasteiger partial charge < -0.3 is 15.2 Å². The van der Waals surface area contributed by atoms with E-state index in [9.17, 15) is 5.11 Å². The van der Waals surface area contributed by atoms with Gasteiger partial charge in [-0.05, 0) is 25.1 Å². The molecule has 2 aromatic rings. The summed E-state index contributed by atoms with van der Waals surface area (Å²) in [6.07, 6.45) is 0. The van der Waals surface area contributed by atoms with Crippen molar-refractivity contribution in [2.24, 2.45) is 0 Å². The Balaban J connectivity index is 1.91. The molecule has 0 radical (unpaired) electrons. The molecular formula is C21H20Cl2N2O2. The Labute approximate surface area is 169 Å². The SMILES string of the molecule is CC#Cc1cc2c(c(Cl)c1-c1c(O)cccc1Cl)OC[C@H]1CNCCN1C2. The van der Waals surface area contributed by atoms with E-state index in [1.54, 1.807) is 25.1 Å². The molecule has 27 heavy (non-hydrogen) atoms. The van der Waals surface area contributed by atoms with Crippen molar-refractivity contribution in [1.82, 2.24) is 10.2 Å². The van der Waals surface area contributed by atoms with E-state index in [-0.39, 0.29) is 5.75 Å². The predicted molar refractivity (Wildman–Crippen MR) is 109 cm³/mol. The van der Waals surface area contributed by atoms with E-state index >= 15 is 0 Å². The summed E-state index contributed by atoms with van der Waals surface area (Å²) in [7, 11) is 0. The van der Waals surface area contributed by atoms with Gasteiger partial charge in [0.1, 0.15) is 18.1 Å². The molecule has 1 atom stereocenters. The minimum Gasteiger partial charge on any atom is -0.507 e. The third-order valence-corrected chi connectivity index (χ3v) is 5.74. The van der Waals surface area contributed by atoms with Crippen LogP contribution in [0.3, 0.4) is 0 Å². The Morgan fingerprint density at radius 1 is 1.30 bits per heavy atom. The third kappa shape index (κ3) is 3.37. The number of phenolic OH excluding ortho intramolecular Hbond substituents is 1. The molecule has 4 nitrogen and oxygen atoms in total. The number of fused-ring (bicyclic) bond motifs is 2. The highest BCUT2D eigenvalue weighted by molar-refractivity contribution is 6.38. The zero-order valence-electron chi connectivity index (χ0n) is 15.0. The van der Waals surface area contributed by atoms with Crippen LogP contribution in [0.4, 0.5) is 0 Å². The fourth-order valence-corrected chi connectivity index (χ4v) is 4.41. The fraction of sp³-hybridized carbons (Fsp3) is 0.333. The second-order valence-corrected chi connectivity index (χ2v) is 7.53. The maximum Gasteiger partial charge on any atom is 0.143 e. The average molecular weight is 403 g/mol. The molecule has 0 amide bonds. The molecule has 0 aromatic heterocycles. The predicted octanol–water partition coefficient (Wildman–Crippen LogP) is 3.90. The Morgan fingerprint density at radius 3 is 2.93 bits per heavy atom. The highest BCUT2D eigenvalue weighted by atomic mass is 35.5. The van der Waals surface area contributed by atoms with Gasteiger partial charge in [0, 0.05) is 48.4 Å². The third-order valence-electron chi connectivity index (χ3n) is 5.07. The molecule has 2 aliphatic rings. The lowest BCUT2D eigenvalue weighted by Gasteiger charge is -2.33. The summed E-state index contributed by atoms with van der Waals surface area (Å²) >= 11 is 13.2. The molecular weight excluding hydrogens is 383 g/mol. The minimum atomic E-state index is 0.0683. The van der Waals surface area contributed by atoms with Gasteiger partial charge in [0.2, 0.25) is 0 Å². The highest BCUT2D eigenvalue weighted by Gasteiger charge is 2.30. The van der Waals surface area contributed by atoms with E-state index in [1.165, 1.54) is 0 Å². The van der Waals surface area contributed by atoms with Crippen molar-refractivity contribution in [3.05, 3.63) is 45.4 Å². The molecule has 2 heterocycles. The largest absolute Gasteiger partial charge is 0.507 e. The number of nitrogens with zero attached hydrogens (tertiary/aromatic N) is 1. The number of ether oxygens (including phenoxy) is 1. The summed E-state index contributed by atoms with van der Waals surface area (Å²) in [6, 6.07) is 7.35. The van der Waals surface area contributed by atoms with Crippen LogP contribution in [-0.2, 0) is 6.54 Å². The van der Waals surface area contributed by atoms with Crippen molar-refractivity contribution in [3.63, 3.8) is 0 Å². The molecule has 2 N–H and O–H groups in total. The smallest absolute Gasteiger partial charge is 0.143 e. The number of halogens is 2. The Morgan fingerprint density at radius 2 is 2.15 bits per heavy atom. The maximum atomic E-state index is 10.4. The van der Waals surface area contributed by atoms with Crippen molar-refractivity contribution < 1.29 is 9.84 Å². The van der Waals surface area contributed by atoms with Crippen LogP contribution in [0.5, 0.6) is 11.5 Å². The standard InChI is InChI=1S/C21H20Cl2N2O2/c1-2-4-13-9-14-11-25-8-7-24-10-15(25)12-27-21(14)20(23)18(13)19-16(22)5-3-6-17(19)26/h3,5-6,9,15,24,26H,7-8,10-12H2,1H3/t15-/m1/s1. The quantitative estimate of drug-likeness (QED) is 0.709. The molecule has 6 heteroatoms. The number of hydrogen-bond donors (Lipinski definition) is 2. The first kappa shape index (κ1) is 18.5. The van der Waals surface area contributed by atoms with Gasteiger partial charge in [0.25, 0.3) is 0 Å². The lowest BCUT2D eigenvalue weighted by molar-refractivity contribution is 0.120. The van der Waals surface area contributed by atoms with E-state index < -0.39 is 0 Å². The van der Waals surface area contributed by atoms with Gasteiger partial charge in [-0.25, -0.2) is 0 Å². The van der Waals surface area contributed by atoms with Gasteiger partial charge in [0.15, 0.2) is 0 Å². The van der Waals surface area contributed by atoms with Crippen molar-refractivity contribution in [2.45, 2.75) is 19.5 Å². The first-order valence-corrected chi connectivity index (χ1v) is 9.69. The number of phenols is 1. The zero-order chi connectivity index (χ0) is 19.0. The summed E-state index contributed by atoms with van der Waals surface area (Å²) in [4.78, 5) is 2.41. The molecule has 140 valence electrons. The molecule has 4 rings (SSSR count). The number of nitrogens with one attached hydrogen (secondary N) is 1. The van der Waals surface area contributed by atoms with Crippen LogP contribution >= 0.6 is 23.2 Å². The Kier molecular flexibility index (Phi) is 5.21. The Bertz CT molecular complexity index is 929. The molecule has 1 saturated heterocycles. The molecule has 2 aliphatic heterocycles. The first-order valence-electron chi connectivity index (χ1n) is 8.93.